The van der Waals surface area contributed by atoms with Crippen molar-refractivity contribution in [1.29, 1.82) is 0 Å². The lowest BCUT2D eigenvalue weighted by atomic mass is 10.1. The molecule has 0 aliphatic carbocycles. The summed E-state index contributed by atoms with van der Waals surface area (Å²) in [5.74, 6) is 0.561. The van der Waals surface area contributed by atoms with Gasteiger partial charge >= 0.3 is 4.87 Å². The van der Waals surface area contributed by atoms with Crippen molar-refractivity contribution in [3.05, 3.63) is 20.7 Å². The standard InChI is InChI=1S/C9H14BrNOS/c1-3-8(4-10)5-11-7(2)6-13-9(11)12/h6,8H,3-5H2,1-2H3. The summed E-state index contributed by atoms with van der Waals surface area (Å²) in [7, 11) is 0. The van der Waals surface area contributed by atoms with Gasteiger partial charge in [0.15, 0.2) is 0 Å². The van der Waals surface area contributed by atoms with Gasteiger partial charge in [-0.05, 0) is 12.8 Å². The van der Waals surface area contributed by atoms with Gasteiger partial charge in [0, 0.05) is 22.9 Å². The van der Waals surface area contributed by atoms with E-state index in [9.17, 15) is 4.79 Å². The molecule has 0 spiro atoms. The van der Waals surface area contributed by atoms with Gasteiger partial charge in [0.2, 0.25) is 0 Å². The lowest BCUT2D eigenvalue weighted by Gasteiger charge is -2.12. The lowest BCUT2D eigenvalue weighted by Crippen LogP contribution is -2.20. The Morgan fingerprint density at radius 3 is 2.77 bits per heavy atom. The molecule has 0 saturated heterocycles. The van der Waals surface area contributed by atoms with Crippen LogP contribution in [0.2, 0.25) is 0 Å². The first-order valence-electron chi connectivity index (χ1n) is 4.40. The van der Waals surface area contributed by atoms with Crippen LogP contribution in [-0.4, -0.2) is 9.90 Å². The van der Waals surface area contributed by atoms with Crippen molar-refractivity contribution < 1.29 is 0 Å². The van der Waals surface area contributed by atoms with Crippen molar-refractivity contribution >= 4 is 27.3 Å². The van der Waals surface area contributed by atoms with Gasteiger partial charge in [-0.3, -0.25) is 4.79 Å². The Bertz CT molecular complexity index is 314. The molecule has 0 bridgehead atoms. The molecular formula is C9H14BrNOS. The molecular weight excluding hydrogens is 250 g/mol. The molecule has 0 aromatic carbocycles. The molecule has 1 aromatic rings. The summed E-state index contributed by atoms with van der Waals surface area (Å²) >= 11 is 4.75. The van der Waals surface area contributed by atoms with Crippen LogP contribution in [0.5, 0.6) is 0 Å². The molecule has 0 saturated carbocycles. The fourth-order valence-corrected chi connectivity index (χ4v) is 2.58. The molecule has 2 nitrogen and oxygen atoms in total. The maximum Gasteiger partial charge on any atom is 0.307 e. The highest BCUT2D eigenvalue weighted by Gasteiger charge is 2.09. The van der Waals surface area contributed by atoms with Gasteiger partial charge in [0.25, 0.3) is 0 Å². The summed E-state index contributed by atoms with van der Waals surface area (Å²) in [5, 5.41) is 2.88. The number of hydrogen-bond acceptors (Lipinski definition) is 2. The predicted molar refractivity (Wildman–Crippen MR) is 60.9 cm³/mol. The predicted octanol–water partition coefficient (Wildman–Crippen LogP) is 2.64. The average Bonchev–Trinajstić information content (AvgIpc) is 2.44. The third-order valence-corrected chi connectivity index (χ3v) is 4.01. The Labute approximate surface area is 90.7 Å². The minimum absolute atomic E-state index is 0.164. The van der Waals surface area contributed by atoms with Crippen molar-refractivity contribution in [1.82, 2.24) is 4.57 Å². The Morgan fingerprint density at radius 2 is 2.38 bits per heavy atom. The maximum atomic E-state index is 11.4. The second-order valence-corrected chi connectivity index (χ2v) is 4.65. The zero-order valence-electron chi connectivity index (χ0n) is 7.92. The molecule has 0 N–H and O–H groups in total. The first-order chi connectivity index (χ1) is 6.19. The quantitative estimate of drug-likeness (QED) is 0.766. The summed E-state index contributed by atoms with van der Waals surface area (Å²) in [6, 6.07) is 0. The molecule has 4 heteroatoms. The van der Waals surface area contributed by atoms with E-state index >= 15 is 0 Å². The molecule has 1 aromatic heterocycles. The fourth-order valence-electron chi connectivity index (χ4n) is 1.17. The Kier molecular flexibility index (Phi) is 4.19. The molecule has 0 aliphatic rings. The molecule has 74 valence electrons. The second kappa shape index (κ2) is 4.96. The van der Waals surface area contributed by atoms with Crippen LogP contribution < -0.4 is 4.87 Å². The molecule has 13 heavy (non-hydrogen) atoms. The van der Waals surface area contributed by atoms with Crippen LogP contribution in [0.4, 0.5) is 0 Å². The summed E-state index contributed by atoms with van der Waals surface area (Å²) in [6.07, 6.45) is 1.10. The van der Waals surface area contributed by atoms with E-state index in [2.05, 4.69) is 22.9 Å². The van der Waals surface area contributed by atoms with Crippen LogP contribution in [0.3, 0.4) is 0 Å². The van der Waals surface area contributed by atoms with Crippen LogP contribution in [0, 0.1) is 12.8 Å². The second-order valence-electron chi connectivity index (χ2n) is 3.18. The van der Waals surface area contributed by atoms with Crippen molar-refractivity contribution in [2.75, 3.05) is 5.33 Å². The number of aromatic nitrogens is 1. The summed E-state index contributed by atoms with van der Waals surface area (Å²) < 4.78 is 1.86. The smallest absolute Gasteiger partial charge is 0.303 e. The van der Waals surface area contributed by atoms with Crippen molar-refractivity contribution in [2.24, 2.45) is 5.92 Å². The highest BCUT2D eigenvalue weighted by atomic mass is 79.9. The van der Waals surface area contributed by atoms with E-state index < -0.39 is 0 Å². The zero-order valence-corrected chi connectivity index (χ0v) is 10.3. The lowest BCUT2D eigenvalue weighted by molar-refractivity contribution is 0.468. The van der Waals surface area contributed by atoms with Crippen molar-refractivity contribution in [3.8, 4) is 0 Å². The molecule has 1 heterocycles. The molecule has 1 rings (SSSR count). The monoisotopic (exact) mass is 263 g/mol. The van der Waals surface area contributed by atoms with Crippen LogP contribution >= 0.6 is 27.3 Å². The van der Waals surface area contributed by atoms with Gasteiger partial charge in [-0.2, -0.15) is 0 Å². The van der Waals surface area contributed by atoms with E-state index in [-0.39, 0.29) is 4.87 Å². The average molecular weight is 264 g/mol. The van der Waals surface area contributed by atoms with Gasteiger partial charge < -0.3 is 4.57 Å². The van der Waals surface area contributed by atoms with Crippen LogP contribution in [-0.2, 0) is 6.54 Å². The number of thiazole rings is 1. The summed E-state index contributed by atoms with van der Waals surface area (Å²) in [4.78, 5) is 11.5. The topological polar surface area (TPSA) is 22.0 Å². The largest absolute Gasteiger partial charge is 0.307 e. The van der Waals surface area contributed by atoms with Gasteiger partial charge in [-0.25, -0.2) is 0 Å². The Hall–Kier alpha value is -0.0900. The first kappa shape index (κ1) is 11.0. The maximum absolute atomic E-state index is 11.4. The first-order valence-corrected chi connectivity index (χ1v) is 6.40. The molecule has 0 amide bonds. The van der Waals surface area contributed by atoms with E-state index in [1.807, 2.05) is 16.9 Å². The molecule has 0 radical (unpaired) electrons. The number of hydrogen-bond donors (Lipinski definition) is 0. The highest BCUT2D eigenvalue weighted by Crippen LogP contribution is 2.11. The number of nitrogens with zero attached hydrogens (tertiary/aromatic N) is 1. The Balaban J connectivity index is 2.78. The van der Waals surface area contributed by atoms with E-state index in [0.29, 0.717) is 5.92 Å². The van der Waals surface area contributed by atoms with Crippen molar-refractivity contribution in [2.45, 2.75) is 26.8 Å². The van der Waals surface area contributed by atoms with Crippen LogP contribution in [0.1, 0.15) is 19.0 Å². The normalized spacial score (nSPS) is 13.2. The number of halogens is 1. The van der Waals surface area contributed by atoms with E-state index in [0.717, 1.165) is 24.0 Å². The summed E-state index contributed by atoms with van der Waals surface area (Å²) in [5.41, 5.74) is 1.08. The van der Waals surface area contributed by atoms with E-state index in [1.165, 1.54) is 11.3 Å². The van der Waals surface area contributed by atoms with Gasteiger partial charge in [0.1, 0.15) is 0 Å². The SMILES string of the molecule is CCC(CBr)Cn1c(C)csc1=O. The third kappa shape index (κ3) is 2.68. The van der Waals surface area contributed by atoms with Crippen molar-refractivity contribution in [3.63, 3.8) is 0 Å². The summed E-state index contributed by atoms with van der Waals surface area (Å²) in [6.45, 7) is 4.98. The van der Waals surface area contributed by atoms with Crippen LogP contribution in [0.25, 0.3) is 0 Å². The minimum atomic E-state index is 0.164. The zero-order chi connectivity index (χ0) is 9.84. The minimum Gasteiger partial charge on any atom is -0.303 e. The van der Waals surface area contributed by atoms with Gasteiger partial charge in [0.05, 0.1) is 0 Å². The van der Waals surface area contributed by atoms with E-state index in [1.54, 1.807) is 0 Å². The number of aryl methyl sites for hydroxylation is 1. The van der Waals surface area contributed by atoms with Crippen LogP contribution in [0.15, 0.2) is 10.2 Å². The van der Waals surface area contributed by atoms with Gasteiger partial charge in [-0.1, -0.05) is 40.6 Å². The molecule has 1 unspecified atom stereocenters. The number of rotatable bonds is 4. The Morgan fingerprint density at radius 1 is 1.69 bits per heavy atom. The molecule has 0 aliphatic heterocycles. The van der Waals surface area contributed by atoms with Gasteiger partial charge in [-0.15, -0.1) is 0 Å². The van der Waals surface area contributed by atoms with E-state index in [4.69, 9.17) is 0 Å². The number of alkyl halides is 1. The fraction of sp³-hybridized carbons (Fsp3) is 0.667. The third-order valence-electron chi connectivity index (χ3n) is 2.21. The molecule has 1 atom stereocenters. The highest BCUT2D eigenvalue weighted by molar-refractivity contribution is 9.09. The molecule has 0 fully saturated rings.